The molecule has 2 nitrogen and oxygen atoms in total. The zero-order chi connectivity index (χ0) is 12.1. The van der Waals surface area contributed by atoms with E-state index in [1.54, 1.807) is 0 Å². The third-order valence-electron chi connectivity index (χ3n) is 3.82. The summed E-state index contributed by atoms with van der Waals surface area (Å²) in [4.78, 5) is 2.65. The summed E-state index contributed by atoms with van der Waals surface area (Å²) in [6.45, 7) is 9.29. The fourth-order valence-electron chi connectivity index (χ4n) is 2.68. The van der Waals surface area contributed by atoms with Crippen LogP contribution in [0.5, 0.6) is 0 Å². The van der Waals surface area contributed by atoms with Gasteiger partial charge in [0.1, 0.15) is 0 Å². The Morgan fingerprint density at radius 1 is 1.35 bits per heavy atom. The smallest absolute Gasteiger partial charge is 0.0218 e. The van der Waals surface area contributed by atoms with Crippen molar-refractivity contribution in [2.75, 3.05) is 26.2 Å². The molecule has 1 aliphatic rings. The van der Waals surface area contributed by atoms with Gasteiger partial charge in [-0.3, -0.25) is 4.90 Å². The van der Waals surface area contributed by atoms with E-state index in [9.17, 15) is 0 Å². The van der Waals surface area contributed by atoms with E-state index in [4.69, 9.17) is 0 Å². The lowest BCUT2D eigenvalue weighted by Gasteiger charge is -2.37. The Hall–Kier alpha value is -0.860. The molecule has 2 atom stereocenters. The number of hydrogen-bond donors (Lipinski definition) is 1. The van der Waals surface area contributed by atoms with Crippen molar-refractivity contribution in [2.45, 2.75) is 32.2 Å². The first-order valence-electron chi connectivity index (χ1n) is 6.81. The molecule has 2 rings (SSSR count). The van der Waals surface area contributed by atoms with Crippen molar-refractivity contribution in [3.05, 3.63) is 35.9 Å². The van der Waals surface area contributed by atoms with Crippen LogP contribution >= 0.6 is 0 Å². The predicted molar refractivity (Wildman–Crippen MR) is 73.4 cm³/mol. The van der Waals surface area contributed by atoms with Gasteiger partial charge >= 0.3 is 0 Å². The van der Waals surface area contributed by atoms with Crippen molar-refractivity contribution in [1.29, 1.82) is 0 Å². The molecule has 1 aromatic carbocycles. The van der Waals surface area contributed by atoms with Gasteiger partial charge in [-0.2, -0.15) is 0 Å². The second-order valence-corrected chi connectivity index (χ2v) is 5.07. The molecule has 0 aromatic heterocycles. The van der Waals surface area contributed by atoms with Crippen LogP contribution in [0.15, 0.2) is 30.3 Å². The first-order chi connectivity index (χ1) is 8.31. The van der Waals surface area contributed by atoms with Gasteiger partial charge in [0.15, 0.2) is 0 Å². The Kier molecular flexibility index (Phi) is 4.57. The number of rotatable bonds is 4. The standard InChI is InChI=1S/C15H24N2/c1-3-15-11-16-9-10-17(15)12-13(2)14-7-5-4-6-8-14/h4-8,13,15-16H,3,9-12H2,1-2H3. The summed E-state index contributed by atoms with van der Waals surface area (Å²) in [5.41, 5.74) is 1.46. The van der Waals surface area contributed by atoms with Crippen LogP contribution < -0.4 is 5.32 Å². The van der Waals surface area contributed by atoms with Gasteiger partial charge in [-0.25, -0.2) is 0 Å². The topological polar surface area (TPSA) is 15.3 Å². The molecule has 1 fully saturated rings. The van der Waals surface area contributed by atoms with Gasteiger partial charge in [0.25, 0.3) is 0 Å². The lowest BCUT2D eigenvalue weighted by molar-refractivity contribution is 0.150. The van der Waals surface area contributed by atoms with Crippen molar-refractivity contribution < 1.29 is 0 Å². The van der Waals surface area contributed by atoms with E-state index < -0.39 is 0 Å². The van der Waals surface area contributed by atoms with Gasteiger partial charge in [0, 0.05) is 32.2 Å². The maximum absolute atomic E-state index is 3.49. The van der Waals surface area contributed by atoms with Gasteiger partial charge in [-0.1, -0.05) is 44.2 Å². The minimum atomic E-state index is 0.628. The van der Waals surface area contributed by atoms with E-state index in [2.05, 4.69) is 54.4 Å². The largest absolute Gasteiger partial charge is 0.314 e. The summed E-state index contributed by atoms with van der Waals surface area (Å²) in [7, 11) is 0. The van der Waals surface area contributed by atoms with Crippen LogP contribution in [-0.4, -0.2) is 37.1 Å². The molecule has 2 heteroatoms. The molecule has 94 valence electrons. The lowest BCUT2D eigenvalue weighted by Crippen LogP contribution is -2.51. The highest BCUT2D eigenvalue weighted by Gasteiger charge is 2.22. The van der Waals surface area contributed by atoms with Crippen molar-refractivity contribution in [3.8, 4) is 0 Å². The Morgan fingerprint density at radius 2 is 2.12 bits per heavy atom. The second-order valence-electron chi connectivity index (χ2n) is 5.07. The summed E-state index contributed by atoms with van der Waals surface area (Å²) >= 11 is 0. The molecule has 0 saturated carbocycles. The van der Waals surface area contributed by atoms with Gasteiger partial charge in [-0.15, -0.1) is 0 Å². The van der Waals surface area contributed by atoms with Crippen molar-refractivity contribution in [1.82, 2.24) is 10.2 Å². The Labute approximate surface area is 105 Å². The maximum atomic E-state index is 3.49. The molecule has 1 N–H and O–H groups in total. The minimum absolute atomic E-state index is 0.628. The average Bonchev–Trinajstić information content (AvgIpc) is 2.40. The lowest BCUT2D eigenvalue weighted by atomic mass is 9.99. The third-order valence-corrected chi connectivity index (χ3v) is 3.82. The van der Waals surface area contributed by atoms with Crippen LogP contribution in [0.3, 0.4) is 0 Å². The molecule has 1 aromatic rings. The normalized spacial score (nSPS) is 23.5. The molecule has 1 heterocycles. The Balaban J connectivity index is 1.95. The second kappa shape index (κ2) is 6.18. The van der Waals surface area contributed by atoms with Crippen LogP contribution in [0.4, 0.5) is 0 Å². The summed E-state index contributed by atoms with van der Waals surface area (Å²) in [6.07, 6.45) is 1.24. The molecule has 0 spiro atoms. The van der Waals surface area contributed by atoms with Crippen molar-refractivity contribution in [3.63, 3.8) is 0 Å². The van der Waals surface area contributed by atoms with Gasteiger partial charge in [-0.05, 0) is 17.9 Å². The highest BCUT2D eigenvalue weighted by molar-refractivity contribution is 5.19. The molecular weight excluding hydrogens is 208 g/mol. The number of piperazine rings is 1. The summed E-state index contributed by atoms with van der Waals surface area (Å²) in [5.74, 6) is 0.628. The van der Waals surface area contributed by atoms with E-state index in [1.165, 1.54) is 25.1 Å². The number of nitrogens with zero attached hydrogens (tertiary/aromatic N) is 1. The molecular formula is C15H24N2. The number of benzene rings is 1. The third kappa shape index (κ3) is 3.30. The maximum Gasteiger partial charge on any atom is 0.0218 e. The quantitative estimate of drug-likeness (QED) is 0.858. The molecule has 0 amide bonds. The molecule has 2 unspecified atom stereocenters. The van der Waals surface area contributed by atoms with Gasteiger partial charge in [0.05, 0.1) is 0 Å². The summed E-state index contributed by atoms with van der Waals surface area (Å²) in [6, 6.07) is 11.6. The molecule has 1 saturated heterocycles. The van der Waals surface area contributed by atoms with Crippen LogP contribution in [0, 0.1) is 0 Å². The van der Waals surface area contributed by atoms with Crippen LogP contribution in [0.1, 0.15) is 31.7 Å². The van der Waals surface area contributed by atoms with Crippen molar-refractivity contribution in [2.24, 2.45) is 0 Å². The van der Waals surface area contributed by atoms with E-state index in [1.807, 2.05) is 0 Å². The molecule has 1 aliphatic heterocycles. The van der Waals surface area contributed by atoms with E-state index in [0.29, 0.717) is 5.92 Å². The summed E-state index contributed by atoms with van der Waals surface area (Å²) in [5, 5.41) is 3.49. The van der Waals surface area contributed by atoms with Gasteiger partial charge < -0.3 is 5.32 Å². The molecule has 0 aliphatic carbocycles. The zero-order valence-electron chi connectivity index (χ0n) is 11.0. The Bertz CT molecular complexity index is 323. The zero-order valence-corrected chi connectivity index (χ0v) is 11.0. The number of nitrogens with one attached hydrogen (secondary N) is 1. The minimum Gasteiger partial charge on any atom is -0.314 e. The van der Waals surface area contributed by atoms with Gasteiger partial charge in [0.2, 0.25) is 0 Å². The monoisotopic (exact) mass is 232 g/mol. The molecule has 17 heavy (non-hydrogen) atoms. The van der Waals surface area contributed by atoms with Crippen molar-refractivity contribution >= 4 is 0 Å². The van der Waals surface area contributed by atoms with Crippen LogP contribution in [0.2, 0.25) is 0 Å². The highest BCUT2D eigenvalue weighted by atomic mass is 15.2. The first kappa shape index (κ1) is 12.6. The molecule has 0 bridgehead atoms. The van der Waals surface area contributed by atoms with Crippen LogP contribution in [0.25, 0.3) is 0 Å². The van der Waals surface area contributed by atoms with E-state index in [-0.39, 0.29) is 0 Å². The fourth-order valence-corrected chi connectivity index (χ4v) is 2.68. The predicted octanol–water partition coefficient (Wildman–Crippen LogP) is 2.47. The number of hydrogen-bond acceptors (Lipinski definition) is 2. The fraction of sp³-hybridized carbons (Fsp3) is 0.600. The highest BCUT2D eigenvalue weighted by Crippen LogP contribution is 2.18. The van der Waals surface area contributed by atoms with Crippen LogP contribution in [-0.2, 0) is 0 Å². The van der Waals surface area contributed by atoms with E-state index in [0.717, 1.165) is 19.1 Å². The first-order valence-corrected chi connectivity index (χ1v) is 6.81. The van der Waals surface area contributed by atoms with E-state index >= 15 is 0 Å². The average molecular weight is 232 g/mol. The SMILES string of the molecule is CCC1CNCCN1CC(C)c1ccccc1. The summed E-state index contributed by atoms with van der Waals surface area (Å²) < 4.78 is 0. The Morgan fingerprint density at radius 3 is 2.82 bits per heavy atom. The molecule has 0 radical (unpaired) electrons.